The van der Waals surface area contributed by atoms with Crippen LogP contribution in [-0.2, 0) is 11.3 Å². The molecule has 1 fully saturated rings. The number of morpholine rings is 1. The van der Waals surface area contributed by atoms with Crippen molar-refractivity contribution in [3.63, 3.8) is 0 Å². The lowest BCUT2D eigenvalue weighted by molar-refractivity contribution is 0.0365. The molecule has 1 heterocycles. The van der Waals surface area contributed by atoms with E-state index in [1.165, 1.54) is 0 Å². The SMILES string of the molecule is COc1ccc(CN(CCCN2CCOCC2)C(=O)Nc2ccccc2C)cc1OC. The number of hydrogen-bond donors (Lipinski definition) is 1. The minimum absolute atomic E-state index is 0.105. The number of nitrogens with zero attached hydrogens (tertiary/aromatic N) is 2. The summed E-state index contributed by atoms with van der Waals surface area (Å²) in [7, 11) is 3.23. The summed E-state index contributed by atoms with van der Waals surface area (Å²) in [6.07, 6.45) is 0.897. The second-order valence-electron chi connectivity index (χ2n) is 7.66. The van der Waals surface area contributed by atoms with Gasteiger partial charge in [0.15, 0.2) is 11.5 Å². The summed E-state index contributed by atoms with van der Waals surface area (Å²) in [5, 5.41) is 3.07. The Labute approximate surface area is 184 Å². The van der Waals surface area contributed by atoms with Crippen molar-refractivity contribution in [3.05, 3.63) is 53.6 Å². The van der Waals surface area contributed by atoms with Crippen LogP contribution in [0.2, 0.25) is 0 Å². The number of carbonyl (C=O) groups excluding carboxylic acids is 1. The molecule has 1 N–H and O–H groups in total. The lowest BCUT2D eigenvalue weighted by Crippen LogP contribution is -2.40. The molecule has 0 atom stereocenters. The van der Waals surface area contributed by atoms with Crippen LogP contribution in [0.25, 0.3) is 0 Å². The molecule has 7 heteroatoms. The summed E-state index contributed by atoms with van der Waals surface area (Å²) < 4.78 is 16.2. The van der Waals surface area contributed by atoms with E-state index in [1.807, 2.05) is 54.3 Å². The zero-order valence-corrected chi connectivity index (χ0v) is 18.7. The highest BCUT2D eigenvalue weighted by molar-refractivity contribution is 5.90. The first-order valence-electron chi connectivity index (χ1n) is 10.7. The van der Waals surface area contributed by atoms with E-state index < -0.39 is 0 Å². The van der Waals surface area contributed by atoms with Gasteiger partial charge >= 0.3 is 6.03 Å². The van der Waals surface area contributed by atoms with Crippen LogP contribution in [0.5, 0.6) is 11.5 Å². The lowest BCUT2D eigenvalue weighted by Gasteiger charge is -2.28. The summed E-state index contributed by atoms with van der Waals surface area (Å²) in [6, 6.07) is 13.5. The number of anilines is 1. The molecule has 0 radical (unpaired) electrons. The molecular formula is C24H33N3O4. The highest BCUT2D eigenvalue weighted by Crippen LogP contribution is 2.28. The van der Waals surface area contributed by atoms with E-state index in [1.54, 1.807) is 14.2 Å². The Morgan fingerprint density at radius 1 is 1.10 bits per heavy atom. The zero-order valence-electron chi connectivity index (χ0n) is 18.7. The number of amides is 2. The standard InChI is InChI=1S/C24H33N3O4/c1-19-7-4-5-8-21(19)25-24(28)27(12-6-11-26-13-15-31-16-14-26)18-20-9-10-22(29-2)23(17-20)30-3/h4-5,7-10,17H,6,11-16,18H2,1-3H3,(H,25,28). The topological polar surface area (TPSA) is 63.3 Å². The third-order valence-electron chi connectivity index (χ3n) is 5.50. The van der Waals surface area contributed by atoms with Gasteiger partial charge in [0.25, 0.3) is 0 Å². The fourth-order valence-electron chi connectivity index (χ4n) is 3.67. The Hall–Kier alpha value is -2.77. The van der Waals surface area contributed by atoms with Gasteiger partial charge in [0, 0.05) is 38.4 Å². The van der Waals surface area contributed by atoms with Gasteiger partial charge in [0.05, 0.1) is 27.4 Å². The number of ether oxygens (including phenoxy) is 3. The number of carbonyl (C=O) groups is 1. The second-order valence-corrected chi connectivity index (χ2v) is 7.66. The fourth-order valence-corrected chi connectivity index (χ4v) is 3.67. The molecule has 0 unspecified atom stereocenters. The summed E-state index contributed by atoms with van der Waals surface area (Å²) in [5.41, 5.74) is 2.86. The van der Waals surface area contributed by atoms with Crippen LogP contribution in [0.4, 0.5) is 10.5 Å². The Morgan fingerprint density at radius 2 is 1.84 bits per heavy atom. The van der Waals surface area contributed by atoms with Crippen molar-refractivity contribution in [1.29, 1.82) is 0 Å². The number of hydrogen-bond acceptors (Lipinski definition) is 5. The minimum atomic E-state index is -0.105. The van der Waals surface area contributed by atoms with Crippen LogP contribution in [-0.4, -0.2) is 69.4 Å². The van der Waals surface area contributed by atoms with Gasteiger partial charge in [0.2, 0.25) is 0 Å². The maximum absolute atomic E-state index is 13.2. The third kappa shape index (κ3) is 6.60. The third-order valence-corrected chi connectivity index (χ3v) is 5.50. The maximum atomic E-state index is 13.2. The minimum Gasteiger partial charge on any atom is -0.493 e. The average molecular weight is 428 g/mol. The number of methoxy groups -OCH3 is 2. The molecule has 0 bridgehead atoms. The molecule has 2 aromatic carbocycles. The highest BCUT2D eigenvalue weighted by atomic mass is 16.5. The maximum Gasteiger partial charge on any atom is 0.322 e. The summed E-state index contributed by atoms with van der Waals surface area (Å²) in [5.74, 6) is 1.34. The van der Waals surface area contributed by atoms with E-state index >= 15 is 0 Å². The van der Waals surface area contributed by atoms with Gasteiger partial charge in [-0.15, -0.1) is 0 Å². The molecule has 0 saturated carbocycles. The number of para-hydroxylation sites is 1. The fraction of sp³-hybridized carbons (Fsp3) is 0.458. The number of urea groups is 1. The van der Waals surface area contributed by atoms with Gasteiger partial charge in [-0.1, -0.05) is 24.3 Å². The number of aryl methyl sites for hydroxylation is 1. The van der Waals surface area contributed by atoms with E-state index in [-0.39, 0.29) is 6.03 Å². The lowest BCUT2D eigenvalue weighted by atomic mass is 10.1. The molecule has 1 saturated heterocycles. The van der Waals surface area contributed by atoms with Crippen LogP contribution < -0.4 is 14.8 Å². The zero-order chi connectivity index (χ0) is 22.1. The molecule has 2 amide bonds. The van der Waals surface area contributed by atoms with Crippen molar-refractivity contribution in [2.24, 2.45) is 0 Å². The van der Waals surface area contributed by atoms with Crippen LogP contribution in [0.15, 0.2) is 42.5 Å². The summed E-state index contributed by atoms with van der Waals surface area (Å²) >= 11 is 0. The monoisotopic (exact) mass is 427 g/mol. The van der Waals surface area contributed by atoms with E-state index in [4.69, 9.17) is 14.2 Å². The van der Waals surface area contributed by atoms with Crippen LogP contribution in [0.1, 0.15) is 17.5 Å². The van der Waals surface area contributed by atoms with E-state index in [9.17, 15) is 4.79 Å². The summed E-state index contributed by atoms with van der Waals surface area (Å²) in [6.45, 7) is 7.54. The van der Waals surface area contributed by atoms with Gasteiger partial charge in [0.1, 0.15) is 0 Å². The molecule has 31 heavy (non-hydrogen) atoms. The Bertz CT molecular complexity index is 852. The first-order valence-corrected chi connectivity index (χ1v) is 10.7. The predicted molar refractivity (Wildman–Crippen MR) is 122 cm³/mol. The Morgan fingerprint density at radius 3 is 2.55 bits per heavy atom. The molecule has 168 valence electrons. The van der Waals surface area contributed by atoms with Gasteiger partial charge < -0.3 is 24.4 Å². The van der Waals surface area contributed by atoms with Crippen molar-refractivity contribution in [2.75, 3.05) is 58.9 Å². The molecule has 0 aliphatic carbocycles. The predicted octanol–water partition coefficient (Wildman–Crippen LogP) is 3.77. The Kier molecular flexibility index (Phi) is 8.55. The van der Waals surface area contributed by atoms with Crippen LogP contribution >= 0.6 is 0 Å². The molecule has 2 aromatic rings. The van der Waals surface area contributed by atoms with Crippen molar-refractivity contribution in [1.82, 2.24) is 9.80 Å². The molecule has 0 spiro atoms. The molecular weight excluding hydrogens is 394 g/mol. The van der Waals surface area contributed by atoms with Gasteiger partial charge in [-0.25, -0.2) is 4.79 Å². The molecule has 1 aliphatic rings. The second kappa shape index (κ2) is 11.6. The highest BCUT2D eigenvalue weighted by Gasteiger charge is 2.17. The first kappa shape index (κ1) is 22.9. The number of nitrogens with one attached hydrogen (secondary N) is 1. The van der Waals surface area contributed by atoms with Crippen molar-refractivity contribution >= 4 is 11.7 Å². The summed E-state index contributed by atoms with van der Waals surface area (Å²) in [4.78, 5) is 17.4. The largest absolute Gasteiger partial charge is 0.493 e. The van der Waals surface area contributed by atoms with E-state index in [0.29, 0.717) is 24.6 Å². The van der Waals surface area contributed by atoms with Crippen molar-refractivity contribution in [2.45, 2.75) is 19.9 Å². The number of benzene rings is 2. The van der Waals surface area contributed by atoms with Gasteiger partial charge in [-0.2, -0.15) is 0 Å². The molecule has 3 rings (SSSR count). The van der Waals surface area contributed by atoms with Crippen LogP contribution in [0.3, 0.4) is 0 Å². The normalized spacial score (nSPS) is 14.2. The number of rotatable bonds is 9. The van der Waals surface area contributed by atoms with Gasteiger partial charge in [-0.3, -0.25) is 4.90 Å². The van der Waals surface area contributed by atoms with E-state index in [2.05, 4.69) is 10.2 Å². The quantitative estimate of drug-likeness (QED) is 0.660. The molecule has 1 aliphatic heterocycles. The average Bonchev–Trinajstić information content (AvgIpc) is 2.80. The van der Waals surface area contributed by atoms with Crippen LogP contribution in [0, 0.1) is 6.92 Å². The molecule has 0 aromatic heterocycles. The van der Waals surface area contributed by atoms with E-state index in [0.717, 1.165) is 56.1 Å². The van der Waals surface area contributed by atoms with Gasteiger partial charge in [-0.05, 0) is 42.7 Å². The Balaban J connectivity index is 1.69. The smallest absolute Gasteiger partial charge is 0.322 e. The van der Waals surface area contributed by atoms with Crippen molar-refractivity contribution in [3.8, 4) is 11.5 Å². The van der Waals surface area contributed by atoms with Crippen molar-refractivity contribution < 1.29 is 19.0 Å². The molecule has 7 nitrogen and oxygen atoms in total. The first-order chi connectivity index (χ1) is 15.1.